The number of unbranched alkanes of at least 4 members (excludes halogenated alkanes) is 2. The van der Waals surface area contributed by atoms with Crippen LogP contribution in [-0.2, 0) is 5.41 Å². The fourth-order valence-electron chi connectivity index (χ4n) is 10.1. The van der Waals surface area contributed by atoms with Crippen molar-refractivity contribution in [2.45, 2.75) is 67.6 Å². The summed E-state index contributed by atoms with van der Waals surface area (Å²) >= 11 is 5.27. The first-order chi connectivity index (χ1) is 30.1. The minimum Gasteiger partial charge on any atom is -0.308 e. The number of aldehydes is 1. The van der Waals surface area contributed by atoms with Crippen LogP contribution in [0.4, 0.5) is 17.1 Å². The zero-order chi connectivity index (χ0) is 41.1. The number of fused-ring (bicyclic) bond motifs is 8. The molecule has 0 fully saturated rings. The number of carbonyl (C=O) groups excluding carboxylic acids is 1. The van der Waals surface area contributed by atoms with Gasteiger partial charge in [0.25, 0.3) is 0 Å². The van der Waals surface area contributed by atoms with Gasteiger partial charge in [0.1, 0.15) is 0 Å². The van der Waals surface area contributed by atoms with E-state index in [1.807, 2.05) is 29.2 Å². The molecule has 6 aromatic carbocycles. The van der Waals surface area contributed by atoms with E-state index in [1.165, 1.54) is 111 Å². The van der Waals surface area contributed by atoms with E-state index in [0.717, 1.165) is 41.7 Å². The van der Waals surface area contributed by atoms with E-state index < -0.39 is 0 Å². The van der Waals surface area contributed by atoms with E-state index in [2.05, 4.69) is 170 Å². The Balaban J connectivity index is 1.01. The number of para-hydroxylation sites is 1. The quantitative estimate of drug-likeness (QED) is 0.121. The van der Waals surface area contributed by atoms with Crippen LogP contribution in [0.1, 0.15) is 89.9 Å². The first-order valence-electron chi connectivity index (χ1n) is 21.6. The van der Waals surface area contributed by atoms with Crippen molar-refractivity contribution in [2.75, 3.05) is 4.90 Å². The summed E-state index contributed by atoms with van der Waals surface area (Å²) in [5.74, 6) is 0. The third kappa shape index (κ3) is 6.40. The molecule has 0 spiro atoms. The summed E-state index contributed by atoms with van der Waals surface area (Å²) in [6, 6.07) is 56.7. The van der Waals surface area contributed by atoms with Crippen LogP contribution in [0.25, 0.3) is 54.1 Å². The number of hydrogen-bond donors (Lipinski definition) is 0. The molecule has 3 heterocycles. The number of carbonyl (C=O) groups is 1. The van der Waals surface area contributed by atoms with Crippen molar-refractivity contribution < 1.29 is 4.79 Å². The SMILES string of the molecule is CCCCC1(CCCC)c2cc(-c3ccc(-c4ccc(C=O)s4)s3)ccc2-c2ccc(N3c4ccccc4Sc4cc(C=C5c6ccccc6-c6ccccc65)ccc43)cc21. The van der Waals surface area contributed by atoms with Gasteiger partial charge in [0.05, 0.1) is 16.3 Å². The highest BCUT2D eigenvalue weighted by molar-refractivity contribution is 7.99. The molecule has 0 atom stereocenters. The number of benzene rings is 6. The lowest BCUT2D eigenvalue weighted by atomic mass is 9.70. The summed E-state index contributed by atoms with van der Waals surface area (Å²) in [6.45, 7) is 4.66. The van der Waals surface area contributed by atoms with Gasteiger partial charge in [0.15, 0.2) is 6.29 Å². The minimum absolute atomic E-state index is 0.0772. The Hall–Kier alpha value is -5.72. The zero-order valence-corrected chi connectivity index (χ0v) is 36.9. The number of nitrogens with zero attached hydrogens (tertiary/aromatic N) is 1. The molecule has 0 amide bonds. The molecule has 0 saturated heterocycles. The first-order valence-corrected chi connectivity index (χ1v) is 24.1. The second kappa shape index (κ2) is 15.6. The van der Waals surface area contributed by atoms with Crippen molar-refractivity contribution in [3.63, 3.8) is 0 Å². The average Bonchev–Trinajstić information content (AvgIpc) is 4.11. The van der Waals surface area contributed by atoms with E-state index in [-0.39, 0.29) is 5.41 Å². The van der Waals surface area contributed by atoms with Crippen molar-refractivity contribution in [3.05, 3.63) is 184 Å². The topological polar surface area (TPSA) is 20.3 Å². The van der Waals surface area contributed by atoms with E-state index in [4.69, 9.17) is 0 Å². The molecule has 5 heteroatoms. The van der Waals surface area contributed by atoms with Crippen LogP contribution in [0, 0.1) is 0 Å². The summed E-state index contributed by atoms with van der Waals surface area (Å²) in [4.78, 5) is 20.9. The zero-order valence-electron chi connectivity index (χ0n) is 34.4. The highest BCUT2D eigenvalue weighted by Gasteiger charge is 2.43. The van der Waals surface area contributed by atoms with Crippen molar-refractivity contribution in [1.29, 1.82) is 0 Å². The molecule has 8 aromatic rings. The molecule has 2 nitrogen and oxygen atoms in total. The van der Waals surface area contributed by atoms with Gasteiger partial charge in [0.2, 0.25) is 0 Å². The maximum absolute atomic E-state index is 11.4. The lowest BCUT2D eigenvalue weighted by molar-refractivity contribution is 0.112. The normalized spacial score (nSPS) is 13.9. The molecule has 61 heavy (non-hydrogen) atoms. The van der Waals surface area contributed by atoms with E-state index in [1.54, 1.807) is 11.3 Å². The summed E-state index contributed by atoms with van der Waals surface area (Å²) in [6.07, 6.45) is 10.3. The number of thiophene rings is 2. The molecule has 0 radical (unpaired) electrons. The van der Waals surface area contributed by atoms with Gasteiger partial charge in [-0.25, -0.2) is 0 Å². The molecule has 2 aromatic heterocycles. The molecule has 2 aliphatic carbocycles. The van der Waals surface area contributed by atoms with Crippen molar-refractivity contribution >= 4 is 69.4 Å². The van der Waals surface area contributed by atoms with Gasteiger partial charge >= 0.3 is 0 Å². The van der Waals surface area contributed by atoms with Gasteiger partial charge in [-0.1, -0.05) is 136 Å². The second-order valence-electron chi connectivity index (χ2n) is 16.5. The standard InChI is InChI=1S/C56H45NOS3/c1-3-5-29-56(30-6-4-2)47-33-37(51-27-28-54(60-51)53-26-22-39(35-58)59-53)20-23-44(47)45-24-21-38(34-48(45)56)57-49-17-11-12-18-52(49)61-55-32-36(19-25-50(55)57)31-46-42-15-9-7-13-40(42)41-14-8-10-16-43(41)46/h7-28,31-35H,3-6,29-30H2,1-2H3. The van der Waals surface area contributed by atoms with E-state index >= 15 is 0 Å². The molecule has 0 saturated carbocycles. The fourth-order valence-corrected chi connectivity index (χ4v) is 13.1. The van der Waals surface area contributed by atoms with Crippen LogP contribution in [0.3, 0.4) is 0 Å². The highest BCUT2D eigenvalue weighted by atomic mass is 32.2. The maximum atomic E-state index is 11.4. The van der Waals surface area contributed by atoms with Crippen molar-refractivity contribution in [2.24, 2.45) is 0 Å². The highest BCUT2D eigenvalue weighted by Crippen LogP contribution is 2.58. The molecular formula is C56H45NOS3. The average molecular weight is 844 g/mol. The monoisotopic (exact) mass is 843 g/mol. The van der Waals surface area contributed by atoms with Crippen LogP contribution >= 0.6 is 34.4 Å². The van der Waals surface area contributed by atoms with Gasteiger partial charge in [-0.2, -0.15) is 0 Å². The Kier molecular flexibility index (Phi) is 9.79. The third-order valence-corrected chi connectivity index (χ3v) is 16.4. The summed E-state index contributed by atoms with van der Waals surface area (Å²) in [7, 11) is 0. The van der Waals surface area contributed by atoms with Gasteiger partial charge in [-0.15, -0.1) is 22.7 Å². The van der Waals surface area contributed by atoms with Crippen molar-refractivity contribution in [3.8, 4) is 42.4 Å². The Bertz CT molecular complexity index is 2980. The molecule has 0 unspecified atom stereocenters. The Morgan fingerprint density at radius 3 is 1.89 bits per heavy atom. The summed E-state index contributed by atoms with van der Waals surface area (Å²) < 4.78 is 0. The molecule has 3 aliphatic rings. The number of hydrogen-bond acceptors (Lipinski definition) is 5. The minimum atomic E-state index is -0.0772. The third-order valence-electron chi connectivity index (χ3n) is 13.0. The second-order valence-corrected chi connectivity index (χ2v) is 19.8. The Morgan fingerprint density at radius 1 is 0.541 bits per heavy atom. The van der Waals surface area contributed by atoms with Crippen LogP contribution < -0.4 is 4.90 Å². The van der Waals surface area contributed by atoms with E-state index in [0.29, 0.717) is 0 Å². The van der Waals surface area contributed by atoms with Crippen LogP contribution in [0.15, 0.2) is 161 Å². The Labute approximate surface area is 371 Å². The largest absolute Gasteiger partial charge is 0.308 e. The van der Waals surface area contributed by atoms with E-state index in [9.17, 15) is 4.79 Å². The van der Waals surface area contributed by atoms with Gasteiger partial charge in [0, 0.05) is 35.5 Å². The van der Waals surface area contributed by atoms with Crippen LogP contribution in [-0.4, -0.2) is 6.29 Å². The molecular weight excluding hydrogens is 799 g/mol. The molecule has 1 aliphatic heterocycles. The number of rotatable bonds is 11. The first kappa shape index (κ1) is 38.2. The lowest BCUT2D eigenvalue weighted by Crippen LogP contribution is -2.26. The van der Waals surface area contributed by atoms with Gasteiger partial charge < -0.3 is 4.90 Å². The lowest BCUT2D eigenvalue weighted by Gasteiger charge is -2.36. The number of anilines is 3. The molecule has 0 bridgehead atoms. The molecule has 11 rings (SSSR count). The molecule has 0 N–H and O–H groups in total. The van der Waals surface area contributed by atoms with Gasteiger partial charge in [-0.3, -0.25) is 4.79 Å². The van der Waals surface area contributed by atoms with Gasteiger partial charge in [-0.05, 0) is 147 Å². The predicted molar refractivity (Wildman–Crippen MR) is 261 cm³/mol. The van der Waals surface area contributed by atoms with Crippen LogP contribution in [0.2, 0.25) is 0 Å². The summed E-state index contributed by atoms with van der Waals surface area (Å²) in [5, 5.41) is 0. The van der Waals surface area contributed by atoms with Crippen LogP contribution in [0.5, 0.6) is 0 Å². The fraction of sp³-hybridized carbons (Fsp3) is 0.161. The van der Waals surface area contributed by atoms with Crippen molar-refractivity contribution in [1.82, 2.24) is 0 Å². The summed E-state index contributed by atoms with van der Waals surface area (Å²) in [5.41, 5.74) is 18.3. The molecule has 298 valence electrons. The predicted octanol–water partition coefficient (Wildman–Crippen LogP) is 17.1. The Morgan fingerprint density at radius 2 is 1.16 bits per heavy atom. The smallest absolute Gasteiger partial charge is 0.160 e. The maximum Gasteiger partial charge on any atom is 0.160 e.